The standard InChI is InChI=1S/C17H22N2O/c20-17(18-12-14-6-7-14)16-8-10-19(11-9-16)13-15-4-2-1-3-5-15/h1-5,8,14H,6-7,9-13H2,(H,18,20). The van der Waals surface area contributed by atoms with E-state index in [9.17, 15) is 4.79 Å². The second-order valence-electron chi connectivity index (χ2n) is 5.85. The van der Waals surface area contributed by atoms with Crippen LogP contribution >= 0.6 is 0 Å². The van der Waals surface area contributed by atoms with Gasteiger partial charge in [-0.1, -0.05) is 36.4 Å². The second-order valence-corrected chi connectivity index (χ2v) is 5.85. The van der Waals surface area contributed by atoms with E-state index in [1.54, 1.807) is 0 Å². The number of hydrogen-bond donors (Lipinski definition) is 1. The van der Waals surface area contributed by atoms with E-state index >= 15 is 0 Å². The third-order valence-corrected chi connectivity index (χ3v) is 4.08. The molecule has 106 valence electrons. The van der Waals surface area contributed by atoms with Crippen molar-refractivity contribution >= 4 is 5.91 Å². The lowest BCUT2D eigenvalue weighted by Crippen LogP contribution is -2.34. The maximum atomic E-state index is 12.0. The lowest BCUT2D eigenvalue weighted by Gasteiger charge is -2.26. The Labute approximate surface area is 120 Å². The number of rotatable bonds is 5. The van der Waals surface area contributed by atoms with E-state index < -0.39 is 0 Å². The molecule has 1 aromatic carbocycles. The molecule has 3 heteroatoms. The van der Waals surface area contributed by atoms with Crippen LogP contribution in [0, 0.1) is 5.92 Å². The molecule has 1 heterocycles. The minimum absolute atomic E-state index is 0.149. The summed E-state index contributed by atoms with van der Waals surface area (Å²) in [7, 11) is 0. The van der Waals surface area contributed by atoms with Crippen LogP contribution in [0.3, 0.4) is 0 Å². The highest BCUT2D eigenvalue weighted by Gasteiger charge is 2.23. The molecule has 2 aliphatic rings. The van der Waals surface area contributed by atoms with Gasteiger partial charge in [-0.25, -0.2) is 0 Å². The van der Waals surface area contributed by atoms with Gasteiger partial charge in [0.15, 0.2) is 0 Å². The third-order valence-electron chi connectivity index (χ3n) is 4.08. The zero-order valence-corrected chi connectivity index (χ0v) is 11.8. The molecule has 1 aromatic rings. The lowest BCUT2D eigenvalue weighted by atomic mass is 10.1. The largest absolute Gasteiger partial charge is 0.352 e. The summed E-state index contributed by atoms with van der Waals surface area (Å²) in [5.74, 6) is 0.897. The predicted octanol–water partition coefficient (Wildman–Crippen LogP) is 2.34. The van der Waals surface area contributed by atoms with E-state index in [1.165, 1.54) is 18.4 Å². The van der Waals surface area contributed by atoms with Gasteiger partial charge in [0.1, 0.15) is 0 Å². The quantitative estimate of drug-likeness (QED) is 0.890. The van der Waals surface area contributed by atoms with Crippen molar-refractivity contribution in [2.24, 2.45) is 5.92 Å². The summed E-state index contributed by atoms with van der Waals surface area (Å²) in [5, 5.41) is 3.05. The van der Waals surface area contributed by atoms with Gasteiger partial charge in [0.25, 0.3) is 0 Å². The average Bonchev–Trinajstić information content (AvgIpc) is 3.31. The van der Waals surface area contributed by atoms with Gasteiger partial charge in [-0.15, -0.1) is 0 Å². The SMILES string of the molecule is O=C(NCC1CC1)C1=CCN(Cc2ccccc2)CC1. The Hall–Kier alpha value is -1.61. The van der Waals surface area contributed by atoms with Crippen LogP contribution in [0.1, 0.15) is 24.8 Å². The van der Waals surface area contributed by atoms with Gasteiger partial charge in [0.2, 0.25) is 5.91 Å². The van der Waals surface area contributed by atoms with Crippen molar-refractivity contribution in [2.75, 3.05) is 19.6 Å². The molecular weight excluding hydrogens is 248 g/mol. The Morgan fingerprint density at radius 2 is 2.05 bits per heavy atom. The molecule has 1 fully saturated rings. The summed E-state index contributed by atoms with van der Waals surface area (Å²) >= 11 is 0. The molecule has 0 atom stereocenters. The van der Waals surface area contributed by atoms with Gasteiger partial charge < -0.3 is 5.32 Å². The second kappa shape index (κ2) is 6.23. The molecule has 1 N–H and O–H groups in total. The van der Waals surface area contributed by atoms with E-state index in [1.807, 2.05) is 6.07 Å². The van der Waals surface area contributed by atoms with Crippen LogP contribution in [0.2, 0.25) is 0 Å². The normalized spacial score (nSPS) is 19.5. The fourth-order valence-corrected chi connectivity index (χ4v) is 2.58. The van der Waals surface area contributed by atoms with Gasteiger partial charge in [0, 0.05) is 31.8 Å². The average molecular weight is 270 g/mol. The number of nitrogens with zero attached hydrogens (tertiary/aromatic N) is 1. The molecule has 1 amide bonds. The monoisotopic (exact) mass is 270 g/mol. The van der Waals surface area contributed by atoms with Crippen molar-refractivity contribution in [1.82, 2.24) is 10.2 Å². The van der Waals surface area contributed by atoms with Crippen molar-refractivity contribution in [1.29, 1.82) is 0 Å². The van der Waals surface area contributed by atoms with E-state index in [4.69, 9.17) is 0 Å². The minimum atomic E-state index is 0.149. The molecule has 20 heavy (non-hydrogen) atoms. The summed E-state index contributed by atoms with van der Waals surface area (Å²) in [5.41, 5.74) is 2.30. The van der Waals surface area contributed by atoms with E-state index in [0.29, 0.717) is 0 Å². The maximum absolute atomic E-state index is 12.0. The van der Waals surface area contributed by atoms with E-state index in [2.05, 4.69) is 40.6 Å². The summed E-state index contributed by atoms with van der Waals surface area (Å²) in [6, 6.07) is 10.5. The van der Waals surface area contributed by atoms with Gasteiger partial charge in [-0.3, -0.25) is 9.69 Å². The summed E-state index contributed by atoms with van der Waals surface area (Å²) in [6.45, 7) is 3.68. The van der Waals surface area contributed by atoms with Crippen LogP contribution in [0.5, 0.6) is 0 Å². The minimum Gasteiger partial charge on any atom is -0.352 e. The predicted molar refractivity (Wildman–Crippen MR) is 80.2 cm³/mol. The zero-order chi connectivity index (χ0) is 13.8. The molecule has 0 saturated heterocycles. The van der Waals surface area contributed by atoms with Crippen molar-refractivity contribution in [3.05, 3.63) is 47.5 Å². The molecule has 1 aliphatic heterocycles. The van der Waals surface area contributed by atoms with E-state index in [-0.39, 0.29) is 5.91 Å². The van der Waals surface area contributed by atoms with Crippen molar-refractivity contribution in [3.63, 3.8) is 0 Å². The van der Waals surface area contributed by atoms with Crippen molar-refractivity contribution < 1.29 is 4.79 Å². The first kappa shape index (κ1) is 13.4. The number of carbonyl (C=O) groups is 1. The fraction of sp³-hybridized carbons (Fsp3) is 0.471. The third kappa shape index (κ3) is 3.70. The van der Waals surface area contributed by atoms with Gasteiger partial charge >= 0.3 is 0 Å². The topological polar surface area (TPSA) is 32.3 Å². The van der Waals surface area contributed by atoms with Crippen LogP contribution in [-0.4, -0.2) is 30.4 Å². The van der Waals surface area contributed by atoms with Gasteiger partial charge in [0.05, 0.1) is 0 Å². The molecular formula is C17H22N2O. The number of nitrogens with one attached hydrogen (secondary N) is 1. The smallest absolute Gasteiger partial charge is 0.246 e. The zero-order valence-electron chi connectivity index (χ0n) is 11.8. The Kier molecular flexibility index (Phi) is 4.16. The molecule has 3 rings (SSSR count). The first-order valence-electron chi connectivity index (χ1n) is 7.55. The van der Waals surface area contributed by atoms with Crippen LogP contribution in [-0.2, 0) is 11.3 Å². The lowest BCUT2D eigenvalue weighted by molar-refractivity contribution is -0.117. The first-order chi connectivity index (χ1) is 9.81. The summed E-state index contributed by atoms with van der Waals surface area (Å²) < 4.78 is 0. The van der Waals surface area contributed by atoms with E-state index in [0.717, 1.165) is 44.1 Å². The molecule has 0 unspecified atom stereocenters. The highest BCUT2D eigenvalue weighted by Crippen LogP contribution is 2.27. The maximum Gasteiger partial charge on any atom is 0.246 e. The molecule has 0 aromatic heterocycles. The summed E-state index contributed by atoms with van der Waals surface area (Å²) in [4.78, 5) is 14.4. The number of benzene rings is 1. The molecule has 1 aliphatic carbocycles. The fourth-order valence-electron chi connectivity index (χ4n) is 2.58. The molecule has 0 spiro atoms. The van der Waals surface area contributed by atoms with Gasteiger partial charge in [-0.05, 0) is 30.7 Å². The number of amides is 1. The van der Waals surface area contributed by atoms with Crippen molar-refractivity contribution in [3.8, 4) is 0 Å². The highest BCUT2D eigenvalue weighted by molar-refractivity contribution is 5.93. The first-order valence-corrected chi connectivity index (χ1v) is 7.55. The summed E-state index contributed by atoms with van der Waals surface area (Å²) in [6.07, 6.45) is 5.52. The number of hydrogen-bond acceptors (Lipinski definition) is 2. The van der Waals surface area contributed by atoms with Crippen LogP contribution < -0.4 is 5.32 Å². The Morgan fingerprint density at radius 1 is 1.25 bits per heavy atom. The van der Waals surface area contributed by atoms with Crippen LogP contribution in [0.15, 0.2) is 42.0 Å². The van der Waals surface area contributed by atoms with Crippen molar-refractivity contribution in [2.45, 2.75) is 25.8 Å². The van der Waals surface area contributed by atoms with Gasteiger partial charge in [-0.2, -0.15) is 0 Å². The number of carbonyl (C=O) groups excluding carboxylic acids is 1. The highest BCUT2D eigenvalue weighted by atomic mass is 16.1. The Morgan fingerprint density at radius 3 is 2.70 bits per heavy atom. The Balaban J connectivity index is 1.48. The van der Waals surface area contributed by atoms with Crippen LogP contribution in [0.4, 0.5) is 0 Å². The molecule has 0 radical (unpaired) electrons. The van der Waals surface area contributed by atoms with Crippen LogP contribution in [0.25, 0.3) is 0 Å². The Bertz CT molecular complexity index is 491. The molecule has 0 bridgehead atoms. The molecule has 1 saturated carbocycles. The molecule has 3 nitrogen and oxygen atoms in total.